The molecule has 0 heterocycles. The van der Waals surface area contributed by atoms with E-state index in [-0.39, 0.29) is 11.2 Å². The fourth-order valence-electron chi connectivity index (χ4n) is 1.27. The molecule has 0 N–H and O–H groups in total. The first kappa shape index (κ1) is 13.4. The Hall–Kier alpha value is -0.670. The molecular weight excluding hydrogens is 242 g/mol. The average molecular weight is 258 g/mol. The maximum atomic E-state index is 11.8. The Kier molecular flexibility index (Phi) is 5.16. The highest BCUT2D eigenvalue weighted by Crippen LogP contribution is 2.27. The van der Waals surface area contributed by atoms with Crippen LogP contribution >= 0.6 is 23.4 Å². The molecule has 0 aliphatic carbocycles. The number of thioether (sulfide) groups is 1. The molecule has 2 nitrogen and oxygen atoms in total. The number of amides is 1. The van der Waals surface area contributed by atoms with Gasteiger partial charge in [-0.2, -0.15) is 0 Å². The lowest BCUT2D eigenvalue weighted by atomic mass is 10.3. The van der Waals surface area contributed by atoms with Gasteiger partial charge >= 0.3 is 0 Å². The Labute approximate surface area is 106 Å². The molecule has 0 fully saturated rings. The Morgan fingerprint density at radius 3 is 2.38 bits per heavy atom. The van der Waals surface area contributed by atoms with Crippen LogP contribution in [0.15, 0.2) is 29.2 Å². The molecule has 88 valence electrons. The van der Waals surface area contributed by atoms with Crippen LogP contribution in [0.4, 0.5) is 0 Å². The second-order valence-electron chi connectivity index (χ2n) is 3.70. The molecule has 1 atom stereocenters. The van der Waals surface area contributed by atoms with Gasteiger partial charge in [0.25, 0.3) is 0 Å². The molecule has 0 unspecified atom stereocenters. The summed E-state index contributed by atoms with van der Waals surface area (Å²) in [4.78, 5) is 14.5. The van der Waals surface area contributed by atoms with Crippen molar-refractivity contribution < 1.29 is 4.79 Å². The Morgan fingerprint density at radius 2 is 1.94 bits per heavy atom. The van der Waals surface area contributed by atoms with Crippen LogP contribution < -0.4 is 0 Å². The largest absolute Gasteiger partial charge is 0.348 e. The van der Waals surface area contributed by atoms with E-state index in [1.165, 1.54) is 0 Å². The molecule has 0 saturated heterocycles. The zero-order chi connectivity index (χ0) is 12.1. The van der Waals surface area contributed by atoms with Crippen molar-refractivity contribution in [3.63, 3.8) is 0 Å². The minimum Gasteiger partial charge on any atom is -0.348 e. The standard InChI is InChI=1S/C12H16ClNOS/c1-4-11(12(15)14(2)3)16-10-7-5-9(13)6-8-10/h5-8,11H,4H2,1-3H3/t11-/m0/s1. The molecular formula is C12H16ClNOS. The molecule has 0 spiro atoms. The van der Waals surface area contributed by atoms with E-state index in [4.69, 9.17) is 11.6 Å². The van der Waals surface area contributed by atoms with E-state index in [1.807, 2.05) is 31.2 Å². The summed E-state index contributed by atoms with van der Waals surface area (Å²) in [6.07, 6.45) is 0.824. The summed E-state index contributed by atoms with van der Waals surface area (Å²) in [6, 6.07) is 7.57. The second kappa shape index (κ2) is 6.16. The summed E-state index contributed by atoms with van der Waals surface area (Å²) < 4.78 is 0. The number of rotatable bonds is 4. The van der Waals surface area contributed by atoms with Gasteiger partial charge < -0.3 is 4.90 Å². The fraction of sp³-hybridized carbons (Fsp3) is 0.417. The van der Waals surface area contributed by atoms with Crippen molar-refractivity contribution in [3.8, 4) is 0 Å². The molecule has 1 aromatic rings. The van der Waals surface area contributed by atoms with Crippen molar-refractivity contribution in [3.05, 3.63) is 29.3 Å². The van der Waals surface area contributed by atoms with Gasteiger partial charge in [-0.25, -0.2) is 0 Å². The van der Waals surface area contributed by atoms with Gasteiger partial charge in [0.1, 0.15) is 0 Å². The van der Waals surface area contributed by atoms with Gasteiger partial charge in [-0.3, -0.25) is 4.79 Å². The maximum Gasteiger partial charge on any atom is 0.235 e. The zero-order valence-corrected chi connectivity index (χ0v) is 11.3. The molecule has 1 rings (SSSR count). The number of hydrogen-bond acceptors (Lipinski definition) is 2. The van der Waals surface area contributed by atoms with E-state index >= 15 is 0 Å². The van der Waals surface area contributed by atoms with Crippen LogP contribution in [0.25, 0.3) is 0 Å². The van der Waals surface area contributed by atoms with E-state index < -0.39 is 0 Å². The lowest BCUT2D eigenvalue weighted by Gasteiger charge is -2.18. The van der Waals surface area contributed by atoms with Crippen LogP contribution in [0.1, 0.15) is 13.3 Å². The zero-order valence-electron chi connectivity index (χ0n) is 9.74. The average Bonchev–Trinajstić information content (AvgIpc) is 2.27. The predicted octanol–water partition coefficient (Wildman–Crippen LogP) is 3.30. The number of halogens is 1. The molecule has 1 amide bonds. The molecule has 0 radical (unpaired) electrons. The Balaban J connectivity index is 2.70. The normalized spacial score (nSPS) is 12.2. The lowest BCUT2D eigenvalue weighted by Crippen LogP contribution is -2.31. The molecule has 0 aliphatic rings. The molecule has 16 heavy (non-hydrogen) atoms. The van der Waals surface area contributed by atoms with Crippen molar-refractivity contribution in [2.24, 2.45) is 0 Å². The first-order valence-electron chi connectivity index (χ1n) is 5.18. The quantitative estimate of drug-likeness (QED) is 0.772. The smallest absolute Gasteiger partial charge is 0.235 e. The van der Waals surface area contributed by atoms with Crippen molar-refractivity contribution in [2.45, 2.75) is 23.5 Å². The fourth-order valence-corrected chi connectivity index (χ4v) is 2.50. The van der Waals surface area contributed by atoms with Crippen LogP contribution in [0.3, 0.4) is 0 Å². The number of carbonyl (C=O) groups excluding carboxylic acids is 1. The highest BCUT2D eigenvalue weighted by atomic mass is 35.5. The first-order chi connectivity index (χ1) is 7.54. The summed E-state index contributed by atoms with van der Waals surface area (Å²) in [5.74, 6) is 0.155. The molecule has 1 aromatic carbocycles. The SMILES string of the molecule is CC[C@H](Sc1ccc(Cl)cc1)C(=O)N(C)C. The van der Waals surface area contributed by atoms with Crippen molar-refractivity contribution >= 4 is 29.3 Å². The number of benzene rings is 1. The minimum atomic E-state index is -0.0174. The summed E-state index contributed by atoms with van der Waals surface area (Å²) in [5, 5.41) is 0.701. The van der Waals surface area contributed by atoms with Gasteiger partial charge in [0, 0.05) is 24.0 Å². The summed E-state index contributed by atoms with van der Waals surface area (Å²) >= 11 is 7.39. The van der Waals surface area contributed by atoms with Crippen LogP contribution in [-0.4, -0.2) is 30.2 Å². The number of hydrogen-bond donors (Lipinski definition) is 0. The van der Waals surface area contributed by atoms with Crippen LogP contribution in [0.5, 0.6) is 0 Å². The molecule has 0 saturated carbocycles. The van der Waals surface area contributed by atoms with Gasteiger partial charge in [-0.15, -0.1) is 11.8 Å². The molecule has 0 aliphatic heterocycles. The van der Waals surface area contributed by atoms with E-state index in [2.05, 4.69) is 0 Å². The molecule has 4 heteroatoms. The van der Waals surface area contributed by atoms with Crippen molar-refractivity contribution in [2.75, 3.05) is 14.1 Å². The third-order valence-electron chi connectivity index (χ3n) is 2.18. The molecule has 0 aromatic heterocycles. The first-order valence-corrected chi connectivity index (χ1v) is 6.43. The van der Waals surface area contributed by atoms with E-state index in [1.54, 1.807) is 30.8 Å². The van der Waals surface area contributed by atoms with E-state index in [0.29, 0.717) is 0 Å². The maximum absolute atomic E-state index is 11.8. The van der Waals surface area contributed by atoms with Gasteiger partial charge in [-0.1, -0.05) is 18.5 Å². The number of carbonyl (C=O) groups is 1. The lowest BCUT2D eigenvalue weighted by molar-refractivity contribution is -0.128. The van der Waals surface area contributed by atoms with Crippen LogP contribution in [0.2, 0.25) is 5.02 Å². The third kappa shape index (κ3) is 3.72. The van der Waals surface area contributed by atoms with Crippen LogP contribution in [0, 0.1) is 0 Å². The van der Waals surface area contributed by atoms with Gasteiger partial charge in [0.05, 0.1) is 5.25 Å². The van der Waals surface area contributed by atoms with Crippen molar-refractivity contribution in [1.82, 2.24) is 4.90 Å². The van der Waals surface area contributed by atoms with E-state index in [0.717, 1.165) is 16.3 Å². The van der Waals surface area contributed by atoms with Gasteiger partial charge in [0.2, 0.25) is 5.91 Å². The predicted molar refractivity (Wildman–Crippen MR) is 70.1 cm³/mol. The number of nitrogens with zero attached hydrogens (tertiary/aromatic N) is 1. The summed E-state index contributed by atoms with van der Waals surface area (Å²) in [6.45, 7) is 2.02. The second-order valence-corrected chi connectivity index (χ2v) is 5.41. The monoisotopic (exact) mass is 257 g/mol. The third-order valence-corrected chi connectivity index (χ3v) is 3.79. The van der Waals surface area contributed by atoms with Crippen LogP contribution in [-0.2, 0) is 4.79 Å². The van der Waals surface area contributed by atoms with Crippen molar-refractivity contribution in [1.29, 1.82) is 0 Å². The van der Waals surface area contributed by atoms with Gasteiger partial charge in [0.15, 0.2) is 0 Å². The minimum absolute atomic E-state index is 0.0174. The van der Waals surface area contributed by atoms with Gasteiger partial charge in [-0.05, 0) is 30.7 Å². The topological polar surface area (TPSA) is 20.3 Å². The Bertz CT molecular complexity index is 351. The summed E-state index contributed by atoms with van der Waals surface area (Å²) in [5.41, 5.74) is 0. The molecule has 0 bridgehead atoms. The Morgan fingerprint density at radius 1 is 1.38 bits per heavy atom. The summed E-state index contributed by atoms with van der Waals surface area (Å²) in [7, 11) is 3.57. The highest BCUT2D eigenvalue weighted by molar-refractivity contribution is 8.00. The highest BCUT2D eigenvalue weighted by Gasteiger charge is 2.19. The van der Waals surface area contributed by atoms with E-state index in [9.17, 15) is 4.79 Å².